The van der Waals surface area contributed by atoms with Crippen LogP contribution in [-0.4, -0.2) is 6.54 Å². The minimum absolute atomic E-state index is 0.370. The highest BCUT2D eigenvalue weighted by Crippen LogP contribution is 2.24. The molecular formula is C15H16ClNO. The van der Waals surface area contributed by atoms with E-state index in [1.54, 1.807) is 0 Å². The molecule has 0 saturated carbocycles. The number of hydrogen-bond donors (Lipinski definition) is 1. The Morgan fingerprint density at radius 3 is 2.00 bits per heavy atom. The standard InChI is InChI=1S/C15H16ClNO/c1-11(10-17)12-2-6-14(7-3-12)18-15-8-4-13(16)5-9-15/h2-9,11H,10,17H2,1H3. The summed E-state index contributed by atoms with van der Waals surface area (Å²) in [4.78, 5) is 0. The summed E-state index contributed by atoms with van der Waals surface area (Å²) in [5, 5.41) is 0.703. The zero-order chi connectivity index (χ0) is 13.0. The van der Waals surface area contributed by atoms with Crippen LogP contribution < -0.4 is 10.5 Å². The van der Waals surface area contributed by atoms with E-state index < -0.39 is 0 Å². The van der Waals surface area contributed by atoms with Gasteiger partial charge in [0.1, 0.15) is 11.5 Å². The fraction of sp³-hybridized carbons (Fsp3) is 0.200. The van der Waals surface area contributed by atoms with Crippen LogP contribution in [0.1, 0.15) is 18.4 Å². The third-order valence-electron chi connectivity index (χ3n) is 2.85. The molecule has 94 valence electrons. The van der Waals surface area contributed by atoms with E-state index in [9.17, 15) is 0 Å². The van der Waals surface area contributed by atoms with Gasteiger partial charge in [-0.3, -0.25) is 0 Å². The van der Waals surface area contributed by atoms with Crippen LogP contribution in [0.25, 0.3) is 0 Å². The molecule has 3 heteroatoms. The van der Waals surface area contributed by atoms with Crippen molar-refractivity contribution in [2.24, 2.45) is 5.73 Å². The molecule has 2 N–H and O–H groups in total. The lowest BCUT2D eigenvalue weighted by Crippen LogP contribution is -2.08. The van der Waals surface area contributed by atoms with Gasteiger partial charge in [0.15, 0.2) is 0 Å². The van der Waals surface area contributed by atoms with Crippen LogP contribution in [0.2, 0.25) is 5.02 Å². The van der Waals surface area contributed by atoms with Gasteiger partial charge in [-0.1, -0.05) is 30.7 Å². The van der Waals surface area contributed by atoms with E-state index in [0.29, 0.717) is 17.5 Å². The van der Waals surface area contributed by atoms with Crippen LogP contribution in [0.4, 0.5) is 0 Å². The van der Waals surface area contributed by atoms with E-state index >= 15 is 0 Å². The molecule has 0 spiro atoms. The first-order valence-electron chi connectivity index (χ1n) is 5.92. The predicted octanol–water partition coefficient (Wildman–Crippen LogP) is 4.19. The summed E-state index contributed by atoms with van der Waals surface area (Å²) in [7, 11) is 0. The molecule has 0 aromatic heterocycles. The average molecular weight is 262 g/mol. The molecule has 0 fully saturated rings. The maximum Gasteiger partial charge on any atom is 0.127 e. The Balaban J connectivity index is 2.08. The third kappa shape index (κ3) is 3.25. The summed E-state index contributed by atoms with van der Waals surface area (Å²) in [5.74, 6) is 1.96. The number of nitrogens with two attached hydrogens (primary N) is 1. The van der Waals surface area contributed by atoms with Crippen molar-refractivity contribution in [3.63, 3.8) is 0 Å². The second-order valence-corrected chi connectivity index (χ2v) is 4.70. The van der Waals surface area contributed by atoms with E-state index in [1.165, 1.54) is 5.56 Å². The SMILES string of the molecule is CC(CN)c1ccc(Oc2ccc(Cl)cc2)cc1. The Labute approximate surface area is 112 Å². The largest absolute Gasteiger partial charge is 0.457 e. The highest BCUT2D eigenvalue weighted by Gasteiger charge is 2.03. The van der Waals surface area contributed by atoms with Crippen molar-refractivity contribution < 1.29 is 4.74 Å². The van der Waals surface area contributed by atoms with Crippen LogP contribution in [0.5, 0.6) is 11.5 Å². The van der Waals surface area contributed by atoms with Gasteiger partial charge in [0.2, 0.25) is 0 Å². The second-order valence-electron chi connectivity index (χ2n) is 4.26. The van der Waals surface area contributed by atoms with Crippen molar-refractivity contribution in [2.75, 3.05) is 6.54 Å². The maximum atomic E-state index is 5.82. The van der Waals surface area contributed by atoms with Gasteiger partial charge in [-0.15, -0.1) is 0 Å². The molecule has 1 unspecified atom stereocenters. The zero-order valence-corrected chi connectivity index (χ0v) is 11.0. The lowest BCUT2D eigenvalue weighted by atomic mass is 10.0. The molecule has 0 radical (unpaired) electrons. The fourth-order valence-corrected chi connectivity index (χ4v) is 1.77. The number of halogens is 1. The number of benzene rings is 2. The summed E-state index contributed by atoms with van der Waals surface area (Å²) in [6.45, 7) is 2.76. The van der Waals surface area contributed by atoms with Gasteiger partial charge in [0.25, 0.3) is 0 Å². The lowest BCUT2D eigenvalue weighted by Gasteiger charge is -2.10. The summed E-state index contributed by atoms with van der Waals surface area (Å²) in [6.07, 6.45) is 0. The van der Waals surface area contributed by atoms with Crippen molar-refractivity contribution >= 4 is 11.6 Å². The first-order chi connectivity index (χ1) is 8.69. The Bertz CT molecular complexity index is 493. The molecule has 0 aliphatic carbocycles. The normalized spacial score (nSPS) is 12.2. The minimum atomic E-state index is 0.370. The molecule has 0 heterocycles. The summed E-state index contributed by atoms with van der Waals surface area (Å²) < 4.78 is 5.71. The molecule has 0 saturated heterocycles. The van der Waals surface area contributed by atoms with E-state index in [-0.39, 0.29) is 0 Å². The van der Waals surface area contributed by atoms with E-state index in [0.717, 1.165) is 11.5 Å². The van der Waals surface area contributed by atoms with Crippen molar-refractivity contribution in [1.29, 1.82) is 0 Å². The Kier molecular flexibility index (Phi) is 4.24. The molecule has 0 aliphatic rings. The molecule has 0 bridgehead atoms. The zero-order valence-electron chi connectivity index (χ0n) is 10.3. The fourth-order valence-electron chi connectivity index (χ4n) is 1.64. The summed E-state index contributed by atoms with van der Waals surface area (Å²) >= 11 is 5.82. The van der Waals surface area contributed by atoms with Gasteiger partial charge in [-0.2, -0.15) is 0 Å². The van der Waals surface area contributed by atoms with Gasteiger partial charge in [-0.25, -0.2) is 0 Å². The highest BCUT2D eigenvalue weighted by atomic mass is 35.5. The van der Waals surface area contributed by atoms with Crippen molar-refractivity contribution in [3.8, 4) is 11.5 Å². The molecule has 1 atom stereocenters. The summed E-state index contributed by atoms with van der Waals surface area (Å²) in [6, 6.07) is 15.3. The first kappa shape index (κ1) is 12.9. The Hall–Kier alpha value is -1.51. The lowest BCUT2D eigenvalue weighted by molar-refractivity contribution is 0.482. The van der Waals surface area contributed by atoms with Crippen molar-refractivity contribution in [1.82, 2.24) is 0 Å². The van der Waals surface area contributed by atoms with Gasteiger partial charge in [0, 0.05) is 5.02 Å². The highest BCUT2D eigenvalue weighted by molar-refractivity contribution is 6.30. The van der Waals surface area contributed by atoms with Crippen LogP contribution in [0, 0.1) is 0 Å². The van der Waals surface area contributed by atoms with Gasteiger partial charge in [-0.05, 0) is 54.4 Å². The molecule has 18 heavy (non-hydrogen) atoms. The van der Waals surface area contributed by atoms with Crippen LogP contribution in [-0.2, 0) is 0 Å². The van der Waals surface area contributed by atoms with Crippen molar-refractivity contribution in [2.45, 2.75) is 12.8 Å². The molecule has 2 nitrogen and oxygen atoms in total. The second kappa shape index (κ2) is 5.89. The maximum absolute atomic E-state index is 5.82. The third-order valence-corrected chi connectivity index (χ3v) is 3.10. The van der Waals surface area contributed by atoms with Crippen molar-refractivity contribution in [3.05, 3.63) is 59.1 Å². The van der Waals surface area contributed by atoms with Crippen LogP contribution in [0.3, 0.4) is 0 Å². The van der Waals surface area contributed by atoms with E-state index in [4.69, 9.17) is 22.1 Å². The molecule has 2 aromatic rings. The molecule has 0 amide bonds. The number of hydrogen-bond acceptors (Lipinski definition) is 2. The quantitative estimate of drug-likeness (QED) is 0.895. The minimum Gasteiger partial charge on any atom is -0.457 e. The van der Waals surface area contributed by atoms with E-state index in [1.807, 2.05) is 48.5 Å². The first-order valence-corrected chi connectivity index (χ1v) is 6.30. The number of rotatable bonds is 4. The van der Waals surface area contributed by atoms with Crippen LogP contribution in [0.15, 0.2) is 48.5 Å². The van der Waals surface area contributed by atoms with Crippen LogP contribution >= 0.6 is 11.6 Å². The molecular weight excluding hydrogens is 246 g/mol. The van der Waals surface area contributed by atoms with Gasteiger partial charge in [0.05, 0.1) is 0 Å². The Morgan fingerprint density at radius 2 is 1.50 bits per heavy atom. The van der Waals surface area contributed by atoms with E-state index in [2.05, 4.69) is 6.92 Å². The molecule has 2 aromatic carbocycles. The smallest absolute Gasteiger partial charge is 0.127 e. The predicted molar refractivity (Wildman–Crippen MR) is 75.4 cm³/mol. The summed E-state index contributed by atoms with van der Waals surface area (Å²) in [5.41, 5.74) is 6.86. The monoisotopic (exact) mass is 261 g/mol. The Morgan fingerprint density at radius 1 is 1.00 bits per heavy atom. The van der Waals surface area contributed by atoms with Gasteiger partial charge >= 0.3 is 0 Å². The molecule has 2 rings (SSSR count). The molecule has 0 aliphatic heterocycles. The average Bonchev–Trinajstić information content (AvgIpc) is 2.41. The topological polar surface area (TPSA) is 35.2 Å². The van der Waals surface area contributed by atoms with Gasteiger partial charge < -0.3 is 10.5 Å². The number of ether oxygens (including phenoxy) is 1.